The van der Waals surface area contributed by atoms with Crippen LogP contribution in [-0.4, -0.2) is 64.2 Å². The Morgan fingerprint density at radius 2 is 1.40 bits per heavy atom. The highest BCUT2D eigenvalue weighted by Crippen LogP contribution is 2.55. The Morgan fingerprint density at radius 1 is 0.867 bits per heavy atom. The average Bonchev–Trinajstić information content (AvgIpc) is 2.70. The van der Waals surface area contributed by atoms with E-state index in [1.165, 1.54) is 45.2 Å². The van der Waals surface area contributed by atoms with E-state index in [1.54, 1.807) is 12.1 Å². The molecule has 1 aromatic carbocycles. The zero-order valence-corrected chi connectivity index (χ0v) is 17.3. The molecule has 4 aliphatic carbocycles. The minimum atomic E-state index is -1.82. The molecular weight excluding hydrogens is 387 g/mol. The van der Waals surface area contributed by atoms with Crippen LogP contribution in [0.1, 0.15) is 37.7 Å². The molecule has 1 aromatic rings. The first kappa shape index (κ1) is 21.2. The fraction of sp³-hybridized carbons (Fsp3) is 0.652. The third-order valence-electron chi connectivity index (χ3n) is 7.54. The van der Waals surface area contributed by atoms with Crippen LogP contribution in [0.25, 0.3) is 0 Å². The molecule has 4 bridgehead atoms. The fourth-order valence-electron chi connectivity index (χ4n) is 6.58. The van der Waals surface area contributed by atoms with Gasteiger partial charge in [-0.05, 0) is 61.8 Å². The van der Waals surface area contributed by atoms with Crippen LogP contribution < -0.4 is 0 Å². The molecule has 1 heterocycles. The van der Waals surface area contributed by atoms with Gasteiger partial charge in [0.1, 0.15) is 5.82 Å². The van der Waals surface area contributed by atoms with Crippen molar-refractivity contribution in [2.75, 3.05) is 26.2 Å². The molecule has 2 N–H and O–H groups in total. The summed E-state index contributed by atoms with van der Waals surface area (Å²) >= 11 is 0. The van der Waals surface area contributed by atoms with Crippen molar-refractivity contribution in [1.82, 2.24) is 9.80 Å². The monoisotopic (exact) mass is 418 g/mol. The highest BCUT2D eigenvalue weighted by Gasteiger charge is 2.50. The van der Waals surface area contributed by atoms with Crippen LogP contribution in [0.2, 0.25) is 0 Å². The maximum Gasteiger partial charge on any atom is 0.414 e. The van der Waals surface area contributed by atoms with E-state index in [-0.39, 0.29) is 5.82 Å². The van der Waals surface area contributed by atoms with Crippen LogP contribution in [0, 0.1) is 29.5 Å². The summed E-state index contributed by atoms with van der Waals surface area (Å²) in [7, 11) is 0. The Morgan fingerprint density at radius 3 is 1.90 bits per heavy atom. The number of benzene rings is 1. The lowest BCUT2D eigenvalue weighted by atomic mass is 9.54. The molecule has 7 heteroatoms. The Bertz CT molecular complexity index is 738. The number of rotatable bonds is 3. The van der Waals surface area contributed by atoms with Gasteiger partial charge in [-0.3, -0.25) is 9.80 Å². The number of carboxylic acid groups (broad SMARTS) is 2. The molecule has 30 heavy (non-hydrogen) atoms. The van der Waals surface area contributed by atoms with Gasteiger partial charge in [0.2, 0.25) is 0 Å². The van der Waals surface area contributed by atoms with E-state index in [0.29, 0.717) is 0 Å². The van der Waals surface area contributed by atoms with Crippen LogP contribution in [0.4, 0.5) is 4.39 Å². The van der Waals surface area contributed by atoms with Gasteiger partial charge in [0.15, 0.2) is 0 Å². The summed E-state index contributed by atoms with van der Waals surface area (Å²) in [6.07, 6.45) is 7.57. The van der Waals surface area contributed by atoms with Crippen molar-refractivity contribution in [2.24, 2.45) is 23.7 Å². The molecule has 0 atom stereocenters. The lowest BCUT2D eigenvalue weighted by Gasteiger charge is -2.58. The Hall–Kier alpha value is -1.99. The minimum Gasteiger partial charge on any atom is -0.473 e. The van der Waals surface area contributed by atoms with Gasteiger partial charge >= 0.3 is 11.9 Å². The number of halogens is 1. The lowest BCUT2D eigenvalue weighted by molar-refractivity contribution is -0.159. The molecule has 5 fully saturated rings. The first-order chi connectivity index (χ1) is 14.4. The average molecular weight is 419 g/mol. The highest BCUT2D eigenvalue weighted by molar-refractivity contribution is 6.27. The van der Waals surface area contributed by atoms with E-state index in [2.05, 4.69) is 9.80 Å². The van der Waals surface area contributed by atoms with Gasteiger partial charge in [-0.2, -0.15) is 0 Å². The van der Waals surface area contributed by atoms with E-state index < -0.39 is 11.9 Å². The Kier molecular flexibility index (Phi) is 6.39. The van der Waals surface area contributed by atoms with E-state index in [0.717, 1.165) is 54.9 Å². The second-order valence-electron chi connectivity index (χ2n) is 9.44. The maximum atomic E-state index is 13.9. The summed E-state index contributed by atoms with van der Waals surface area (Å²) in [4.78, 5) is 23.4. The summed E-state index contributed by atoms with van der Waals surface area (Å²) in [5.41, 5.74) is 0.848. The second kappa shape index (κ2) is 9.02. The minimum absolute atomic E-state index is 0.0547. The third-order valence-corrected chi connectivity index (χ3v) is 7.54. The zero-order valence-electron chi connectivity index (χ0n) is 17.3. The van der Waals surface area contributed by atoms with Crippen LogP contribution in [0.5, 0.6) is 0 Å². The van der Waals surface area contributed by atoms with Crippen molar-refractivity contribution in [3.63, 3.8) is 0 Å². The van der Waals surface area contributed by atoms with Gasteiger partial charge in [0, 0.05) is 44.3 Å². The second-order valence-corrected chi connectivity index (χ2v) is 9.44. The van der Waals surface area contributed by atoms with Crippen LogP contribution in [-0.2, 0) is 16.1 Å². The van der Waals surface area contributed by atoms with Crippen molar-refractivity contribution >= 4 is 11.9 Å². The number of piperazine rings is 1. The van der Waals surface area contributed by atoms with Crippen molar-refractivity contribution in [3.05, 3.63) is 35.6 Å². The predicted molar refractivity (Wildman–Crippen MR) is 109 cm³/mol. The van der Waals surface area contributed by atoms with Crippen LogP contribution in [0.15, 0.2) is 24.3 Å². The molecule has 6 rings (SSSR count). The summed E-state index contributed by atoms with van der Waals surface area (Å²) in [5, 5.41) is 14.8. The number of carboxylic acids is 2. The molecule has 0 spiro atoms. The molecular formula is C23H31FN2O4. The maximum absolute atomic E-state index is 13.9. The molecule has 4 saturated carbocycles. The molecule has 6 nitrogen and oxygen atoms in total. The number of hydrogen-bond donors (Lipinski definition) is 2. The summed E-state index contributed by atoms with van der Waals surface area (Å²) in [6, 6.07) is 8.11. The predicted octanol–water partition coefficient (Wildman–Crippen LogP) is 2.92. The van der Waals surface area contributed by atoms with Gasteiger partial charge < -0.3 is 10.2 Å². The number of carbonyl (C=O) groups is 2. The van der Waals surface area contributed by atoms with Gasteiger partial charge in [0.05, 0.1) is 0 Å². The summed E-state index contributed by atoms with van der Waals surface area (Å²) in [5.74, 6) is 0.391. The van der Waals surface area contributed by atoms with E-state index in [4.69, 9.17) is 19.8 Å². The van der Waals surface area contributed by atoms with Gasteiger partial charge in [-0.25, -0.2) is 14.0 Å². The fourth-order valence-corrected chi connectivity index (χ4v) is 6.58. The molecule has 1 aliphatic heterocycles. The van der Waals surface area contributed by atoms with E-state index >= 15 is 0 Å². The largest absolute Gasteiger partial charge is 0.473 e. The van der Waals surface area contributed by atoms with Crippen molar-refractivity contribution < 1.29 is 24.2 Å². The van der Waals surface area contributed by atoms with Crippen LogP contribution >= 0.6 is 0 Å². The van der Waals surface area contributed by atoms with E-state index in [9.17, 15) is 4.39 Å². The lowest BCUT2D eigenvalue weighted by Crippen LogP contribution is -2.60. The first-order valence-corrected chi connectivity index (χ1v) is 11.1. The quantitative estimate of drug-likeness (QED) is 0.735. The standard InChI is InChI=1S/C21H29FN2.C2H2O4/c22-20-4-2-1-3-17(20)14-23-5-7-24(8-6-23)21-18-10-15-9-16(12-18)13-19(21)11-15;3-1(4)2(5)6/h1-4,15-16,18-19,21H,5-14H2;(H,3,4)(H,5,6). The van der Waals surface area contributed by atoms with E-state index in [1.807, 2.05) is 12.1 Å². The first-order valence-electron chi connectivity index (χ1n) is 11.1. The number of aliphatic carboxylic acids is 2. The molecule has 1 saturated heterocycles. The van der Waals surface area contributed by atoms with Crippen LogP contribution in [0.3, 0.4) is 0 Å². The van der Waals surface area contributed by atoms with Crippen molar-refractivity contribution in [1.29, 1.82) is 0 Å². The molecule has 0 radical (unpaired) electrons. The smallest absolute Gasteiger partial charge is 0.414 e. The number of hydrogen-bond acceptors (Lipinski definition) is 4. The summed E-state index contributed by atoms with van der Waals surface area (Å²) in [6.45, 7) is 5.32. The van der Waals surface area contributed by atoms with Gasteiger partial charge in [-0.1, -0.05) is 18.2 Å². The SMILES string of the molecule is Fc1ccccc1CN1CCN(C2C3CC4CC(C3)CC2C4)CC1.O=C(O)C(=O)O. The van der Waals surface area contributed by atoms with Gasteiger partial charge in [0.25, 0.3) is 0 Å². The van der Waals surface area contributed by atoms with Gasteiger partial charge in [-0.15, -0.1) is 0 Å². The Balaban J connectivity index is 0.000000322. The normalized spacial score (nSPS) is 33.0. The molecule has 0 amide bonds. The highest BCUT2D eigenvalue weighted by atomic mass is 19.1. The van der Waals surface area contributed by atoms with Crippen molar-refractivity contribution in [3.8, 4) is 0 Å². The summed E-state index contributed by atoms with van der Waals surface area (Å²) < 4.78 is 13.9. The number of nitrogens with zero attached hydrogens (tertiary/aromatic N) is 2. The topological polar surface area (TPSA) is 81.1 Å². The molecule has 5 aliphatic rings. The third kappa shape index (κ3) is 4.67. The van der Waals surface area contributed by atoms with Crippen molar-refractivity contribution in [2.45, 2.75) is 44.7 Å². The molecule has 164 valence electrons. The Labute approximate surface area is 176 Å². The zero-order chi connectivity index (χ0) is 21.3. The molecule has 0 aromatic heterocycles. The molecule has 0 unspecified atom stereocenters.